The third kappa shape index (κ3) is 3.10. The van der Waals surface area contributed by atoms with Crippen LogP contribution in [0.25, 0.3) is 10.8 Å². The number of rotatable bonds is 3. The van der Waals surface area contributed by atoms with Crippen molar-refractivity contribution >= 4 is 44.4 Å². The van der Waals surface area contributed by atoms with E-state index in [1.54, 1.807) is 6.92 Å². The van der Waals surface area contributed by atoms with Gasteiger partial charge < -0.3 is 10.8 Å². The second-order valence-electron chi connectivity index (χ2n) is 5.64. The normalized spacial score (nSPS) is 13.7. The van der Waals surface area contributed by atoms with Gasteiger partial charge in [-0.2, -0.15) is 8.42 Å². The van der Waals surface area contributed by atoms with Crippen LogP contribution < -0.4 is 35.3 Å². The SMILES string of the molecule is Cc1cc2c3c(cc(S(=O)(=O)O)c(N)c3c1)C(=O)N(CC(=O)O)C2=O.[Na+]. The summed E-state index contributed by atoms with van der Waals surface area (Å²) >= 11 is 0. The minimum absolute atomic E-state index is 0. The van der Waals surface area contributed by atoms with Crippen molar-refractivity contribution in [2.75, 3.05) is 12.3 Å². The van der Waals surface area contributed by atoms with E-state index in [1.807, 2.05) is 0 Å². The summed E-state index contributed by atoms with van der Waals surface area (Å²) in [6.45, 7) is 0.749. The summed E-state index contributed by atoms with van der Waals surface area (Å²) < 4.78 is 32.5. The Kier molecular flexibility index (Phi) is 5.19. The molecule has 11 heteroatoms. The van der Waals surface area contributed by atoms with Gasteiger partial charge >= 0.3 is 35.5 Å². The van der Waals surface area contributed by atoms with E-state index in [0.717, 1.165) is 6.07 Å². The van der Waals surface area contributed by atoms with Gasteiger partial charge in [-0.25, -0.2) is 0 Å². The Balaban J connectivity index is 0.00000243. The molecule has 0 aromatic heterocycles. The first kappa shape index (κ1) is 20.3. The quantitative estimate of drug-likeness (QED) is 0.229. The second-order valence-corrected chi connectivity index (χ2v) is 7.03. The number of carbonyl (C=O) groups is 3. The Bertz CT molecular complexity index is 1100. The summed E-state index contributed by atoms with van der Waals surface area (Å²) in [6.07, 6.45) is 0. The van der Waals surface area contributed by atoms with Crippen molar-refractivity contribution in [3.8, 4) is 0 Å². The van der Waals surface area contributed by atoms with Crippen LogP contribution in [0, 0.1) is 6.92 Å². The average Bonchev–Trinajstić information content (AvgIpc) is 2.49. The summed E-state index contributed by atoms with van der Waals surface area (Å²) in [6, 6.07) is 3.80. The van der Waals surface area contributed by atoms with E-state index in [-0.39, 0.29) is 57.1 Å². The molecule has 0 fully saturated rings. The molecule has 2 amide bonds. The number of aliphatic carboxylic acids is 1. The molecule has 1 aliphatic heterocycles. The van der Waals surface area contributed by atoms with E-state index in [1.165, 1.54) is 12.1 Å². The molecule has 3 rings (SSSR count). The molecule has 0 atom stereocenters. The number of nitrogens with two attached hydrogens (primary N) is 1. The van der Waals surface area contributed by atoms with Gasteiger partial charge in [0.25, 0.3) is 21.9 Å². The molecule has 130 valence electrons. The number of nitrogen functional groups attached to an aromatic ring is 1. The smallest absolute Gasteiger partial charge is 0.480 e. The number of amides is 2. The van der Waals surface area contributed by atoms with E-state index in [4.69, 9.17) is 10.8 Å². The number of aryl methyl sites for hydroxylation is 1. The Morgan fingerprint density at radius 1 is 1.15 bits per heavy atom. The van der Waals surface area contributed by atoms with Crippen molar-refractivity contribution in [2.45, 2.75) is 11.8 Å². The summed E-state index contributed by atoms with van der Waals surface area (Å²) in [5, 5.41) is 9.18. The Morgan fingerprint density at radius 2 is 1.69 bits per heavy atom. The second kappa shape index (κ2) is 6.63. The van der Waals surface area contributed by atoms with Crippen LogP contribution in [0.2, 0.25) is 0 Å². The zero-order valence-corrected chi connectivity index (χ0v) is 16.6. The van der Waals surface area contributed by atoms with Crippen LogP contribution in [0.5, 0.6) is 0 Å². The van der Waals surface area contributed by atoms with Gasteiger partial charge in [-0.1, -0.05) is 0 Å². The van der Waals surface area contributed by atoms with Crippen molar-refractivity contribution in [1.29, 1.82) is 0 Å². The topological polar surface area (TPSA) is 155 Å². The molecule has 0 aliphatic carbocycles. The number of benzene rings is 2. The first-order valence-corrected chi connectivity index (χ1v) is 8.38. The van der Waals surface area contributed by atoms with Crippen molar-refractivity contribution in [3.05, 3.63) is 34.9 Å². The summed E-state index contributed by atoms with van der Waals surface area (Å²) in [4.78, 5) is 35.9. The fourth-order valence-electron chi connectivity index (χ4n) is 2.92. The van der Waals surface area contributed by atoms with Gasteiger partial charge in [0.15, 0.2) is 0 Å². The largest absolute Gasteiger partial charge is 1.00 e. The molecule has 0 spiro atoms. The number of carboxylic acids is 1. The van der Waals surface area contributed by atoms with Gasteiger partial charge in [0, 0.05) is 16.3 Å². The van der Waals surface area contributed by atoms with Crippen LogP contribution in [0.1, 0.15) is 26.3 Å². The van der Waals surface area contributed by atoms with E-state index in [2.05, 4.69) is 0 Å². The molecule has 0 saturated heterocycles. The minimum atomic E-state index is -4.73. The monoisotopic (exact) mass is 387 g/mol. The van der Waals surface area contributed by atoms with E-state index in [9.17, 15) is 27.4 Å². The number of imide groups is 1. The van der Waals surface area contributed by atoms with Crippen LogP contribution in [-0.4, -0.2) is 47.3 Å². The van der Waals surface area contributed by atoms with Gasteiger partial charge in [-0.3, -0.25) is 23.8 Å². The van der Waals surface area contributed by atoms with E-state index in [0.29, 0.717) is 10.5 Å². The van der Waals surface area contributed by atoms with Crippen LogP contribution in [0.4, 0.5) is 5.69 Å². The van der Waals surface area contributed by atoms with Gasteiger partial charge in [-0.05, 0) is 30.7 Å². The molecule has 26 heavy (non-hydrogen) atoms. The van der Waals surface area contributed by atoms with Gasteiger partial charge in [0.2, 0.25) is 0 Å². The maximum atomic E-state index is 12.5. The molecule has 4 N–H and O–H groups in total. The van der Waals surface area contributed by atoms with E-state index < -0.39 is 39.3 Å². The zero-order chi connectivity index (χ0) is 18.7. The number of carboxylic acid groups (broad SMARTS) is 1. The Morgan fingerprint density at radius 3 is 2.19 bits per heavy atom. The number of anilines is 1. The van der Waals surface area contributed by atoms with Gasteiger partial charge in [0.1, 0.15) is 11.4 Å². The first-order valence-electron chi connectivity index (χ1n) is 6.94. The molecule has 1 heterocycles. The summed E-state index contributed by atoms with van der Waals surface area (Å²) in [7, 11) is -4.73. The molecule has 0 saturated carbocycles. The summed E-state index contributed by atoms with van der Waals surface area (Å²) in [5.41, 5.74) is 5.91. The molecule has 9 nitrogen and oxygen atoms in total. The third-order valence-electron chi connectivity index (χ3n) is 3.91. The maximum Gasteiger partial charge on any atom is 1.00 e. The standard InChI is InChI=1S/C15H12N2O7S.Na/c1-6-2-7-12-8(3-6)14(20)17(5-11(18)19)15(21)9(12)4-10(13(7)16)25(22,23)24;/h2-4H,5,16H2,1H3,(H,18,19)(H,22,23,24);/q;+1. The predicted octanol–water partition coefficient (Wildman–Crippen LogP) is -2.34. The zero-order valence-electron chi connectivity index (χ0n) is 13.8. The summed E-state index contributed by atoms with van der Waals surface area (Å²) in [5.74, 6) is -3.19. The third-order valence-corrected chi connectivity index (χ3v) is 4.80. The molecule has 0 unspecified atom stereocenters. The van der Waals surface area contributed by atoms with Crippen LogP contribution in [0.3, 0.4) is 0 Å². The number of hydrogen-bond donors (Lipinski definition) is 3. The fourth-order valence-corrected chi connectivity index (χ4v) is 3.57. The fraction of sp³-hybridized carbons (Fsp3) is 0.133. The van der Waals surface area contributed by atoms with Crippen LogP contribution >= 0.6 is 0 Å². The van der Waals surface area contributed by atoms with Gasteiger partial charge in [-0.15, -0.1) is 0 Å². The van der Waals surface area contributed by atoms with E-state index >= 15 is 0 Å². The number of hydrogen-bond acceptors (Lipinski definition) is 6. The maximum absolute atomic E-state index is 12.5. The average molecular weight is 387 g/mol. The molecule has 2 aromatic rings. The van der Waals surface area contributed by atoms with Crippen molar-refractivity contribution in [1.82, 2.24) is 4.90 Å². The van der Waals surface area contributed by atoms with Gasteiger partial charge in [0.05, 0.1) is 11.3 Å². The number of carbonyl (C=O) groups excluding carboxylic acids is 2. The van der Waals surface area contributed by atoms with Crippen molar-refractivity contribution in [3.63, 3.8) is 0 Å². The molecule has 2 aromatic carbocycles. The van der Waals surface area contributed by atoms with Crippen molar-refractivity contribution in [2.24, 2.45) is 0 Å². The molecule has 0 radical (unpaired) electrons. The molecular weight excluding hydrogens is 375 g/mol. The molecule has 1 aliphatic rings. The number of nitrogens with zero attached hydrogens (tertiary/aromatic N) is 1. The van der Waals surface area contributed by atoms with Crippen LogP contribution in [-0.2, 0) is 14.9 Å². The first-order chi connectivity index (χ1) is 11.5. The predicted molar refractivity (Wildman–Crippen MR) is 85.9 cm³/mol. The Hall–Kier alpha value is -1.98. The van der Waals surface area contributed by atoms with Crippen LogP contribution in [0.15, 0.2) is 23.1 Å². The molecular formula is C15H12N2NaO7S+. The van der Waals surface area contributed by atoms with Crippen molar-refractivity contribution < 1.29 is 62.0 Å². The Labute approximate surface area is 169 Å². The minimum Gasteiger partial charge on any atom is -0.480 e. The molecule has 0 bridgehead atoms.